The van der Waals surface area contributed by atoms with E-state index in [-0.39, 0.29) is 51.9 Å². The molecule has 0 aromatic heterocycles. The molecule has 22 aliphatic rings. The summed E-state index contributed by atoms with van der Waals surface area (Å²) in [5.74, 6) is 13.3. The van der Waals surface area contributed by atoms with Crippen LogP contribution < -0.4 is 0 Å². The van der Waals surface area contributed by atoms with Crippen molar-refractivity contribution < 1.29 is 15.7 Å². The Hall–Kier alpha value is -2.33. The van der Waals surface area contributed by atoms with E-state index in [1.54, 1.807) is 35.6 Å². The molecular weight excluding hydrogens is 1700 g/mol. The third-order valence-corrected chi connectivity index (χ3v) is 46.0. The van der Waals surface area contributed by atoms with Crippen molar-refractivity contribution in [2.24, 2.45) is 97.6 Å². The smallest absolute Gasteiger partial charge is 0.154 e. The Bertz CT molecular complexity index is 4480. The monoisotopic (exact) mass is 1900 g/mol. The zero-order chi connectivity index (χ0) is 99.0. The molecule has 0 N–H and O–H groups in total. The zero-order valence-electron chi connectivity index (χ0n) is 94.2. The highest BCUT2D eigenvalue weighted by molar-refractivity contribution is 8.09. The van der Waals surface area contributed by atoms with Gasteiger partial charge in [-0.1, -0.05) is 255 Å². The molecule has 3 aromatic rings. The third kappa shape index (κ3) is 15.5. The number of rotatable bonds is 1. The number of Topliss-reactive ketones (excluding diaryl/α,β-unsaturated/α-hetero) is 1. The largest absolute Gasteiger partial charge is 0.349 e. The van der Waals surface area contributed by atoms with Gasteiger partial charge in [0.1, 0.15) is 18.0 Å². The first-order valence-electron chi connectivity index (χ1n) is 56.6. The number of ether oxygens (including phenoxy) is 2. The van der Waals surface area contributed by atoms with Gasteiger partial charge in [0.15, 0.2) is 11.4 Å². The zero-order valence-corrected chi connectivity index (χ0v) is 95.8. The molecule has 11 heterocycles. The molecule has 0 radical (unpaired) electrons. The Morgan fingerprint density at radius 2 is 0.676 bits per heavy atom. The highest BCUT2D eigenvalue weighted by Gasteiger charge is 2.85. The standard InChI is InChI=1S/C20H35N.C20H29N.C19H33NO.C19H27NO.C19H33NS.C19H27NS.C8H15NO.H2/c2*1-18(2,3)20-12-15(20)17-14-10-8-7-9-13(14)11-16(17)21(20)19(4,5)6;4*1-17(2,3)19-16(21-19)15-13-10-8-7-9-12(13)11-14(15)20(19)18(4,5)6;1-6-4-5-8(7(2)10)9(6)3;/h13-17H,7-12H2,1-6H3;7-10,15-17H,11-12H2,1-6H3;12-16H,7-11H2,1-6H3;7-10,14-16H,11H2,1-6H3;12-16H,7-11H2,1-6H3;7-10,14-16H,11H2,1-6H3;6,8H,4-5H2,1-3H3;1H. The number of epoxide rings is 2. The number of ketones is 1. The number of benzene rings is 3. The lowest BCUT2D eigenvalue weighted by Crippen LogP contribution is -2.58. The average Bonchev–Trinajstić information content (AvgIpc) is 1.51. The lowest BCUT2D eigenvalue weighted by molar-refractivity contribution is -0.121. The van der Waals surface area contributed by atoms with Crippen molar-refractivity contribution in [3.63, 3.8) is 0 Å². The van der Waals surface area contributed by atoms with Crippen molar-refractivity contribution in [2.75, 3.05) is 7.05 Å². The summed E-state index contributed by atoms with van der Waals surface area (Å²) in [6.45, 7) is 91.1. The van der Waals surface area contributed by atoms with Gasteiger partial charge in [-0.2, -0.15) is 0 Å². The van der Waals surface area contributed by atoms with Gasteiger partial charge in [-0.05, 0) is 343 Å². The number of fused-ring (bicyclic) bond motifs is 30. The number of hydrogen-bond donors (Lipinski definition) is 0. The van der Waals surface area contributed by atoms with E-state index in [4.69, 9.17) is 9.47 Å². The molecule has 32 atom stereocenters. The molecule has 8 saturated carbocycles. The Morgan fingerprint density at radius 1 is 0.346 bits per heavy atom. The highest BCUT2D eigenvalue weighted by Crippen LogP contribution is 2.82. The quantitative estimate of drug-likeness (QED) is 0.218. The van der Waals surface area contributed by atoms with Crippen LogP contribution in [-0.2, 0) is 33.5 Å². The number of thioether (sulfide) groups is 2. The minimum atomic E-state index is -0.0753. The maximum Gasteiger partial charge on any atom is 0.154 e. The molecule has 0 spiro atoms. The fourth-order valence-corrected chi connectivity index (χ4v) is 42.4. The second kappa shape index (κ2) is 33.1. The van der Waals surface area contributed by atoms with Crippen molar-refractivity contribution in [3.8, 4) is 0 Å². The molecule has 136 heavy (non-hydrogen) atoms. The van der Waals surface area contributed by atoms with E-state index in [9.17, 15) is 4.79 Å². The van der Waals surface area contributed by atoms with Gasteiger partial charge in [0, 0.05) is 133 Å². The van der Waals surface area contributed by atoms with E-state index in [1.807, 2.05) is 7.05 Å². The molecule has 32 unspecified atom stereocenters. The van der Waals surface area contributed by atoms with E-state index in [1.165, 1.54) is 140 Å². The lowest BCUT2D eigenvalue weighted by Gasteiger charge is -2.49. The number of piperidine rings is 2. The van der Waals surface area contributed by atoms with E-state index in [0.717, 1.165) is 118 Å². The summed E-state index contributed by atoms with van der Waals surface area (Å²) in [6.07, 6.45) is 32.1. The number of likely N-dealkylation sites (N-methyl/N-ethyl adjacent to an activating group) is 1. The average molecular weight is 1900 g/mol. The van der Waals surface area contributed by atoms with Crippen LogP contribution in [-0.4, -0.2) is 184 Å². The maximum absolute atomic E-state index is 11.0. The molecular formula is C124H201N7O3S2. The van der Waals surface area contributed by atoms with Gasteiger partial charge in [-0.3, -0.25) is 39.1 Å². The summed E-state index contributed by atoms with van der Waals surface area (Å²) in [5, 5.41) is 1.71. The first-order valence-corrected chi connectivity index (χ1v) is 58.4. The van der Waals surface area contributed by atoms with Crippen molar-refractivity contribution in [1.82, 2.24) is 34.3 Å². The van der Waals surface area contributed by atoms with E-state index < -0.39 is 0 Å². The van der Waals surface area contributed by atoms with Crippen molar-refractivity contribution >= 4 is 29.3 Å². The van der Waals surface area contributed by atoms with E-state index in [0.29, 0.717) is 95.6 Å². The topological polar surface area (TPSA) is 64.8 Å². The number of hydrogen-bond acceptors (Lipinski definition) is 12. The Kier molecular flexibility index (Phi) is 24.9. The van der Waals surface area contributed by atoms with Crippen LogP contribution in [0.1, 0.15) is 438 Å². The molecule has 11 aliphatic carbocycles. The van der Waals surface area contributed by atoms with Gasteiger partial charge in [-0.15, -0.1) is 23.5 Å². The molecule has 3 aromatic carbocycles. The van der Waals surface area contributed by atoms with Gasteiger partial charge in [-0.25, -0.2) is 0 Å². The predicted molar refractivity (Wildman–Crippen MR) is 576 cm³/mol. The molecule has 25 rings (SSSR count). The van der Waals surface area contributed by atoms with Crippen molar-refractivity contribution in [2.45, 2.75) is 559 Å². The molecule has 11 saturated heterocycles. The SMILES string of the molecule is CC(=O)C1CCC(C)N1C.CC(C)(C)N1C2CC3CCCCC3C2C2CC21C(C)(C)C.CC(C)(C)N1C2CC3CCCCC3C2C2OC21C(C)(C)C.CC(C)(C)N1C2CC3CCCCC3C2C2SC21C(C)(C)C.CC(C)(C)N1C2Cc3ccccc3C2C2CC21C(C)(C)C.CC(C)(C)N1C2Cc3ccccc3C2C2OC21C(C)(C)C.CC(C)(C)N1C2Cc3ccccc3C2C2SC21C(C)(C)C.[HH]. The number of carbonyl (C=O) groups excluding carboxylic acids is 1. The first kappa shape index (κ1) is 102. The van der Waals surface area contributed by atoms with Crippen LogP contribution in [0.5, 0.6) is 0 Å². The molecule has 0 bridgehead atoms. The van der Waals surface area contributed by atoms with Crippen molar-refractivity contribution in [3.05, 3.63) is 106 Å². The van der Waals surface area contributed by atoms with Crippen LogP contribution in [0.2, 0.25) is 0 Å². The number of likely N-dealkylation sites (tertiary alicyclic amines) is 7. The van der Waals surface area contributed by atoms with Gasteiger partial charge < -0.3 is 9.47 Å². The number of carbonyl (C=O) groups is 1. The third-order valence-electron chi connectivity index (χ3n) is 41.9. The van der Waals surface area contributed by atoms with Crippen LogP contribution in [0.3, 0.4) is 0 Å². The summed E-state index contributed by atoms with van der Waals surface area (Å²) >= 11 is 4.56. The molecule has 11 aliphatic heterocycles. The van der Waals surface area contributed by atoms with Gasteiger partial charge in [0.05, 0.1) is 15.8 Å². The first-order chi connectivity index (χ1) is 62.7. The summed E-state index contributed by atoms with van der Waals surface area (Å²) in [6, 6.07) is 32.7. The Morgan fingerprint density at radius 3 is 1.09 bits per heavy atom. The summed E-state index contributed by atoms with van der Waals surface area (Å²) in [5.41, 5.74) is 13.8. The van der Waals surface area contributed by atoms with Gasteiger partial charge >= 0.3 is 0 Å². The summed E-state index contributed by atoms with van der Waals surface area (Å²) < 4.78 is 13.0. The summed E-state index contributed by atoms with van der Waals surface area (Å²) in [7, 11) is 2.03. The molecule has 12 heteroatoms. The Labute approximate surface area is 843 Å². The fourth-order valence-electron chi connectivity index (χ4n) is 37.8. The predicted octanol–water partition coefficient (Wildman–Crippen LogP) is 29.2. The van der Waals surface area contributed by atoms with Crippen LogP contribution in [0.15, 0.2) is 72.8 Å². The highest BCUT2D eigenvalue weighted by atomic mass is 32.2. The minimum Gasteiger partial charge on any atom is -0.349 e. The Balaban J connectivity index is 0.000000107. The van der Waals surface area contributed by atoms with Crippen LogP contribution >= 0.6 is 23.5 Å². The minimum absolute atomic E-state index is 0. The molecule has 19 fully saturated rings. The number of nitrogens with zero attached hydrogens (tertiary/aromatic N) is 7. The lowest BCUT2D eigenvalue weighted by atomic mass is 9.74. The second-order valence-corrected chi connectivity index (χ2v) is 64.4. The van der Waals surface area contributed by atoms with Gasteiger partial charge in [0.2, 0.25) is 0 Å². The van der Waals surface area contributed by atoms with Crippen LogP contribution in [0.25, 0.3) is 0 Å². The molecule has 0 amide bonds. The van der Waals surface area contributed by atoms with Crippen LogP contribution in [0.4, 0.5) is 0 Å². The maximum atomic E-state index is 11.0. The summed E-state index contributed by atoms with van der Waals surface area (Å²) in [4.78, 5) is 31.3. The van der Waals surface area contributed by atoms with Crippen molar-refractivity contribution in [1.29, 1.82) is 0 Å². The van der Waals surface area contributed by atoms with E-state index in [2.05, 4.69) is 387 Å². The fraction of sp³-hybridized carbons (Fsp3) is 0.847. The van der Waals surface area contributed by atoms with Gasteiger partial charge in [0.25, 0.3) is 0 Å². The molecule has 762 valence electrons. The normalized spacial score (nSPS) is 43.2. The van der Waals surface area contributed by atoms with Crippen LogP contribution in [0, 0.1) is 97.6 Å². The van der Waals surface area contributed by atoms with E-state index >= 15 is 0 Å². The molecule has 10 nitrogen and oxygen atoms in total. The second-order valence-electron chi connectivity index (χ2n) is 61.6.